The number of hydrogen-bond acceptors (Lipinski definition) is 5. The average Bonchev–Trinajstić information content (AvgIpc) is 3.72. The Labute approximate surface area is 321 Å². The van der Waals surface area contributed by atoms with E-state index in [-0.39, 0.29) is 33.8 Å². The summed E-state index contributed by atoms with van der Waals surface area (Å²) in [7, 11) is -3.99. The highest BCUT2D eigenvalue weighted by atomic mass is 28.4. The number of hydrogen-bond donors (Lipinski definition) is 1. The summed E-state index contributed by atoms with van der Waals surface area (Å²) in [6.07, 6.45) is 17.2. The molecule has 0 aromatic carbocycles. The fourth-order valence-electron chi connectivity index (χ4n) is 8.80. The molecule has 4 aliphatic carbocycles. The molecule has 1 N–H and O–H groups in total. The standard InChI is InChI=1S/C44H77NO5Si2/c1-16-45(17-2)40(47)48-44(27-28-44)39(46)25-20-31(3)36-23-24-37-33(19-18-26-43(36,37)11)21-22-34-29-35(49-51(12,13)41(5,6)7)30-38(32(34)4)50-52(14,15)42(8,9)10/h20-22,25,31,35-39,46H,4,16-19,23-24,26-30H2,1-3,5-15H3/b25-20+,33-21+,34-22-/t31-,35-,36-,37+,38+,39-,43-/m1/s1. The van der Waals surface area contributed by atoms with Gasteiger partial charge in [0.05, 0.1) is 12.2 Å². The van der Waals surface area contributed by atoms with Crippen LogP contribution in [0.5, 0.6) is 0 Å². The number of allylic oxidation sites excluding steroid dienone is 4. The molecule has 0 aromatic rings. The lowest BCUT2D eigenvalue weighted by Crippen LogP contribution is -2.49. The molecule has 0 heterocycles. The van der Waals surface area contributed by atoms with E-state index in [2.05, 4.69) is 106 Å². The first-order valence-corrected chi connectivity index (χ1v) is 26.5. The van der Waals surface area contributed by atoms with Crippen LogP contribution in [0.2, 0.25) is 36.3 Å². The van der Waals surface area contributed by atoms with Crippen molar-refractivity contribution in [3.05, 3.63) is 47.6 Å². The molecule has 8 heteroatoms. The van der Waals surface area contributed by atoms with Crippen molar-refractivity contribution >= 4 is 22.7 Å². The van der Waals surface area contributed by atoms with Crippen molar-refractivity contribution in [1.29, 1.82) is 0 Å². The molecule has 4 fully saturated rings. The van der Waals surface area contributed by atoms with Crippen molar-refractivity contribution in [2.24, 2.45) is 23.2 Å². The summed E-state index contributed by atoms with van der Waals surface area (Å²) < 4.78 is 20.1. The Kier molecular flexibility index (Phi) is 13.3. The molecule has 0 unspecified atom stereocenters. The van der Waals surface area contributed by atoms with Crippen molar-refractivity contribution in [2.75, 3.05) is 13.1 Å². The zero-order valence-electron chi connectivity index (χ0n) is 35.8. The van der Waals surface area contributed by atoms with Crippen LogP contribution in [0.1, 0.15) is 127 Å². The lowest BCUT2D eigenvalue weighted by atomic mass is 9.61. The third kappa shape index (κ3) is 9.31. The van der Waals surface area contributed by atoms with Crippen molar-refractivity contribution in [3.63, 3.8) is 0 Å². The number of nitrogens with zero attached hydrogens (tertiary/aromatic N) is 1. The Balaban J connectivity index is 1.52. The van der Waals surface area contributed by atoms with Gasteiger partial charge in [-0.2, -0.15) is 0 Å². The van der Waals surface area contributed by atoms with Crippen LogP contribution >= 0.6 is 0 Å². The highest BCUT2D eigenvalue weighted by Crippen LogP contribution is 2.60. The maximum absolute atomic E-state index is 12.7. The number of carbonyl (C=O) groups excluding carboxylic acids is 1. The Morgan fingerprint density at radius 2 is 1.56 bits per heavy atom. The molecule has 296 valence electrons. The first kappa shape index (κ1) is 43.3. The SMILES string of the molecule is C=C1/C(=C\C=C2/CCC[C@]3(C)[C@@H]([C@H](C)/C=C/[C@@H](O)C4(OC(=O)N(CC)CC)CC4)CC[C@@H]23)C[C@@H](O[Si](C)(C)C(C)(C)C)C[C@@H]1O[Si](C)(C)C(C)(C)C. The fraction of sp³-hybridized carbons (Fsp3) is 0.795. The predicted molar refractivity (Wildman–Crippen MR) is 223 cm³/mol. The minimum absolute atomic E-state index is 0.0138. The van der Waals surface area contributed by atoms with Gasteiger partial charge in [0.2, 0.25) is 0 Å². The van der Waals surface area contributed by atoms with E-state index in [0.29, 0.717) is 43.7 Å². The topological polar surface area (TPSA) is 68.2 Å². The normalized spacial score (nSPS) is 31.2. The predicted octanol–water partition coefficient (Wildman–Crippen LogP) is 11.8. The van der Waals surface area contributed by atoms with Crippen LogP contribution in [0.25, 0.3) is 0 Å². The average molecular weight is 756 g/mol. The van der Waals surface area contributed by atoms with E-state index in [1.165, 1.54) is 31.3 Å². The van der Waals surface area contributed by atoms with Crippen LogP contribution in [0.3, 0.4) is 0 Å². The summed E-state index contributed by atoms with van der Waals surface area (Å²) in [5.74, 6) is 1.43. The molecule has 52 heavy (non-hydrogen) atoms. The number of aliphatic hydroxyl groups excluding tert-OH is 1. The molecule has 4 aliphatic rings. The Bertz CT molecular complexity index is 1380. The van der Waals surface area contributed by atoms with Gasteiger partial charge in [-0.1, -0.05) is 91.8 Å². The zero-order chi connectivity index (χ0) is 39.1. The van der Waals surface area contributed by atoms with Gasteiger partial charge >= 0.3 is 6.09 Å². The maximum atomic E-state index is 12.7. The molecule has 0 spiro atoms. The summed E-state index contributed by atoms with van der Waals surface area (Å²) in [5.41, 5.74) is 3.48. The highest BCUT2D eigenvalue weighted by molar-refractivity contribution is 6.74. The maximum Gasteiger partial charge on any atom is 0.410 e. The molecule has 4 rings (SSSR count). The van der Waals surface area contributed by atoms with Crippen LogP contribution < -0.4 is 0 Å². The molecule has 0 radical (unpaired) electrons. The second-order valence-electron chi connectivity index (χ2n) is 20.2. The highest BCUT2D eigenvalue weighted by Gasteiger charge is 2.54. The molecule has 6 nitrogen and oxygen atoms in total. The van der Waals surface area contributed by atoms with Gasteiger partial charge in [0.15, 0.2) is 16.6 Å². The lowest BCUT2D eigenvalue weighted by Gasteiger charge is -2.45. The minimum Gasteiger partial charge on any atom is -0.440 e. The van der Waals surface area contributed by atoms with Gasteiger partial charge in [-0.05, 0) is 136 Å². The van der Waals surface area contributed by atoms with Crippen LogP contribution in [0.15, 0.2) is 47.6 Å². The summed E-state index contributed by atoms with van der Waals surface area (Å²) in [6, 6.07) is 0. The van der Waals surface area contributed by atoms with Crippen LogP contribution in [-0.2, 0) is 13.6 Å². The summed E-state index contributed by atoms with van der Waals surface area (Å²) in [6.45, 7) is 38.0. The van der Waals surface area contributed by atoms with Crippen molar-refractivity contribution in [3.8, 4) is 0 Å². The Morgan fingerprint density at radius 3 is 2.12 bits per heavy atom. The van der Waals surface area contributed by atoms with Gasteiger partial charge in [0.25, 0.3) is 0 Å². The smallest absolute Gasteiger partial charge is 0.410 e. The fourth-order valence-corrected chi connectivity index (χ4v) is 11.5. The minimum atomic E-state index is -2.02. The van der Waals surface area contributed by atoms with Gasteiger partial charge in [-0.25, -0.2) is 4.79 Å². The largest absolute Gasteiger partial charge is 0.440 e. The molecule has 0 saturated heterocycles. The van der Waals surface area contributed by atoms with Gasteiger partial charge in [-0.15, -0.1) is 0 Å². The van der Waals surface area contributed by atoms with E-state index in [9.17, 15) is 9.90 Å². The summed E-state index contributed by atoms with van der Waals surface area (Å²) in [4.78, 5) is 14.4. The van der Waals surface area contributed by atoms with Crippen molar-refractivity contribution in [2.45, 2.75) is 187 Å². The molecule has 0 bridgehead atoms. The molecule has 4 saturated carbocycles. The van der Waals surface area contributed by atoms with E-state index in [1.54, 1.807) is 10.5 Å². The quantitative estimate of drug-likeness (QED) is 0.159. The Hall–Kier alpha value is -1.46. The molecular weight excluding hydrogens is 679 g/mol. The number of amides is 1. The van der Waals surface area contributed by atoms with Gasteiger partial charge in [0.1, 0.15) is 11.7 Å². The van der Waals surface area contributed by atoms with Crippen LogP contribution in [0.4, 0.5) is 4.79 Å². The second-order valence-corrected chi connectivity index (χ2v) is 29.7. The third-order valence-corrected chi connectivity index (χ3v) is 23.6. The molecule has 0 aromatic heterocycles. The van der Waals surface area contributed by atoms with E-state index >= 15 is 0 Å². The van der Waals surface area contributed by atoms with Gasteiger partial charge in [0, 0.05) is 19.5 Å². The first-order chi connectivity index (χ1) is 23.9. The molecule has 7 atom stereocenters. The van der Waals surface area contributed by atoms with E-state index in [1.807, 2.05) is 19.9 Å². The number of ether oxygens (including phenoxy) is 1. The zero-order valence-corrected chi connectivity index (χ0v) is 37.8. The molecular formula is C44H77NO5Si2. The molecule has 0 aliphatic heterocycles. The third-order valence-electron chi connectivity index (χ3n) is 14.6. The Morgan fingerprint density at radius 1 is 0.962 bits per heavy atom. The van der Waals surface area contributed by atoms with E-state index < -0.39 is 28.3 Å². The first-order valence-electron chi connectivity index (χ1n) is 20.7. The van der Waals surface area contributed by atoms with Gasteiger partial charge in [-0.3, -0.25) is 0 Å². The van der Waals surface area contributed by atoms with E-state index in [0.717, 1.165) is 24.8 Å². The number of rotatable bonds is 12. The van der Waals surface area contributed by atoms with Gasteiger partial charge < -0.3 is 23.6 Å². The lowest BCUT2D eigenvalue weighted by molar-refractivity contribution is -0.00849. The second kappa shape index (κ2) is 16.0. The van der Waals surface area contributed by atoms with Crippen molar-refractivity contribution in [1.82, 2.24) is 4.90 Å². The van der Waals surface area contributed by atoms with Crippen LogP contribution in [-0.4, -0.2) is 69.7 Å². The number of fused-ring (bicyclic) bond motifs is 1. The van der Waals surface area contributed by atoms with Crippen molar-refractivity contribution < 1.29 is 23.5 Å². The number of aliphatic hydroxyl groups is 1. The summed E-state index contributed by atoms with van der Waals surface area (Å²) in [5, 5.41) is 11.5. The number of carbonyl (C=O) groups is 1. The summed E-state index contributed by atoms with van der Waals surface area (Å²) >= 11 is 0. The van der Waals surface area contributed by atoms with E-state index in [4.69, 9.17) is 13.6 Å². The monoisotopic (exact) mass is 756 g/mol. The van der Waals surface area contributed by atoms with Crippen LogP contribution in [0, 0.1) is 23.2 Å². The molecule has 1 amide bonds.